The van der Waals surface area contributed by atoms with Crippen LogP contribution >= 0.6 is 11.6 Å². The van der Waals surface area contributed by atoms with Crippen LogP contribution in [0.1, 0.15) is 24.1 Å². The van der Waals surface area contributed by atoms with Crippen molar-refractivity contribution in [2.75, 3.05) is 11.4 Å². The van der Waals surface area contributed by atoms with Crippen LogP contribution in [0.5, 0.6) is 0 Å². The van der Waals surface area contributed by atoms with E-state index in [2.05, 4.69) is 5.32 Å². The topological polar surface area (TPSA) is 66.5 Å². The molecular weight excluding hydrogens is 420 g/mol. The molecule has 1 N–H and O–H groups in total. The van der Waals surface area contributed by atoms with E-state index in [0.29, 0.717) is 10.7 Å². The summed E-state index contributed by atoms with van der Waals surface area (Å²) in [4.78, 5) is 12.5. The molecule has 7 heteroatoms. The van der Waals surface area contributed by atoms with Crippen LogP contribution in [0.15, 0.2) is 83.8 Å². The Balaban J connectivity index is 1.65. The van der Waals surface area contributed by atoms with Gasteiger partial charge in [-0.3, -0.25) is 9.10 Å². The van der Waals surface area contributed by atoms with Crippen LogP contribution in [-0.4, -0.2) is 21.4 Å². The second-order valence-electron chi connectivity index (χ2n) is 6.97. The lowest BCUT2D eigenvalue weighted by Gasteiger charge is -2.20. The van der Waals surface area contributed by atoms with Crippen LogP contribution in [0.3, 0.4) is 0 Å². The quantitative estimate of drug-likeness (QED) is 0.582. The van der Waals surface area contributed by atoms with Crippen LogP contribution in [0.2, 0.25) is 5.02 Å². The zero-order valence-corrected chi connectivity index (χ0v) is 18.3. The van der Waals surface area contributed by atoms with E-state index < -0.39 is 10.0 Å². The molecule has 0 aliphatic carbocycles. The Kier molecular flexibility index (Phi) is 6.80. The van der Waals surface area contributed by atoms with Gasteiger partial charge in [0.05, 0.1) is 23.0 Å². The van der Waals surface area contributed by atoms with Gasteiger partial charge in [-0.05, 0) is 54.4 Å². The van der Waals surface area contributed by atoms with Crippen LogP contribution in [-0.2, 0) is 21.2 Å². The molecule has 0 fully saturated rings. The highest BCUT2D eigenvalue weighted by atomic mass is 35.5. The Hall–Kier alpha value is -2.83. The highest BCUT2D eigenvalue weighted by molar-refractivity contribution is 7.92. The van der Waals surface area contributed by atoms with Crippen molar-refractivity contribution in [3.8, 4) is 0 Å². The van der Waals surface area contributed by atoms with Crippen molar-refractivity contribution < 1.29 is 13.2 Å². The number of benzene rings is 3. The number of anilines is 1. The molecule has 30 heavy (non-hydrogen) atoms. The summed E-state index contributed by atoms with van der Waals surface area (Å²) in [6, 6.07) is 22.6. The zero-order chi connectivity index (χ0) is 21.7. The molecule has 0 spiro atoms. The molecule has 0 saturated carbocycles. The molecule has 1 atom stereocenters. The first-order valence-corrected chi connectivity index (χ1v) is 11.3. The standard InChI is InChI=1S/C23H23ClN2O3S/c1-17(19-6-4-3-5-7-19)25-23(27)16-18-8-12-21(13-9-18)26(2)30(28,29)22-14-10-20(24)11-15-22/h3-15,17H,16H2,1-2H3,(H,25,27)/t17-/m0/s1. The van der Waals surface area contributed by atoms with Gasteiger partial charge in [0.25, 0.3) is 10.0 Å². The Labute approximate surface area is 182 Å². The van der Waals surface area contributed by atoms with E-state index in [1.165, 1.54) is 23.5 Å². The van der Waals surface area contributed by atoms with E-state index in [9.17, 15) is 13.2 Å². The van der Waals surface area contributed by atoms with Crippen molar-refractivity contribution in [2.45, 2.75) is 24.3 Å². The number of nitrogens with one attached hydrogen (secondary N) is 1. The molecule has 3 rings (SSSR count). The third-order valence-electron chi connectivity index (χ3n) is 4.81. The van der Waals surface area contributed by atoms with Gasteiger partial charge in [0.1, 0.15) is 0 Å². The molecule has 3 aromatic rings. The summed E-state index contributed by atoms with van der Waals surface area (Å²) in [6.45, 7) is 1.94. The van der Waals surface area contributed by atoms with Crippen molar-refractivity contribution in [1.82, 2.24) is 5.32 Å². The highest BCUT2D eigenvalue weighted by Gasteiger charge is 2.21. The summed E-state index contributed by atoms with van der Waals surface area (Å²) in [5, 5.41) is 3.45. The molecule has 0 aliphatic heterocycles. The van der Waals surface area contributed by atoms with E-state index in [0.717, 1.165) is 11.1 Å². The van der Waals surface area contributed by atoms with Gasteiger partial charge >= 0.3 is 0 Å². The Morgan fingerprint density at radius 1 is 0.967 bits per heavy atom. The lowest BCUT2D eigenvalue weighted by Crippen LogP contribution is -2.28. The van der Waals surface area contributed by atoms with Gasteiger partial charge < -0.3 is 5.32 Å². The van der Waals surface area contributed by atoms with Crippen LogP contribution in [0, 0.1) is 0 Å². The van der Waals surface area contributed by atoms with Crippen molar-refractivity contribution >= 4 is 33.2 Å². The summed E-state index contributed by atoms with van der Waals surface area (Å²) in [5.41, 5.74) is 2.34. The molecule has 5 nitrogen and oxygen atoms in total. The number of carbonyl (C=O) groups is 1. The molecule has 0 aromatic heterocycles. The van der Waals surface area contributed by atoms with Gasteiger partial charge in [0.15, 0.2) is 0 Å². The summed E-state index contributed by atoms with van der Waals surface area (Å²) >= 11 is 5.84. The Bertz CT molecular complexity index is 1100. The van der Waals surface area contributed by atoms with Crippen LogP contribution in [0.25, 0.3) is 0 Å². The SMILES string of the molecule is C[C@H](NC(=O)Cc1ccc(N(C)S(=O)(=O)c2ccc(Cl)cc2)cc1)c1ccccc1. The summed E-state index contributed by atoms with van der Waals surface area (Å²) in [6.07, 6.45) is 0.213. The van der Waals surface area contributed by atoms with Gasteiger partial charge in [-0.2, -0.15) is 0 Å². The van der Waals surface area contributed by atoms with Gasteiger partial charge in [0.2, 0.25) is 5.91 Å². The number of carbonyl (C=O) groups excluding carboxylic acids is 1. The first kappa shape index (κ1) is 21.9. The fraction of sp³-hybridized carbons (Fsp3) is 0.174. The number of amides is 1. The number of hydrogen-bond donors (Lipinski definition) is 1. The van der Waals surface area contributed by atoms with Crippen LogP contribution in [0.4, 0.5) is 5.69 Å². The number of sulfonamides is 1. The van der Waals surface area contributed by atoms with E-state index in [1.54, 1.807) is 36.4 Å². The predicted octanol–water partition coefficient (Wildman–Crippen LogP) is 4.59. The second-order valence-corrected chi connectivity index (χ2v) is 9.38. The number of hydrogen-bond acceptors (Lipinski definition) is 3. The second kappa shape index (κ2) is 9.32. The monoisotopic (exact) mass is 442 g/mol. The minimum absolute atomic E-state index is 0.0892. The van der Waals surface area contributed by atoms with Gasteiger partial charge in [-0.15, -0.1) is 0 Å². The molecule has 0 unspecified atom stereocenters. The number of nitrogens with zero attached hydrogens (tertiary/aromatic N) is 1. The predicted molar refractivity (Wildman–Crippen MR) is 120 cm³/mol. The molecule has 0 saturated heterocycles. The lowest BCUT2D eigenvalue weighted by atomic mass is 10.1. The first-order valence-electron chi connectivity index (χ1n) is 9.45. The molecule has 0 heterocycles. The fourth-order valence-corrected chi connectivity index (χ4v) is 4.35. The number of rotatable bonds is 7. The smallest absolute Gasteiger partial charge is 0.264 e. The van der Waals surface area contributed by atoms with Gasteiger partial charge in [-0.1, -0.05) is 54.1 Å². The molecule has 0 radical (unpaired) electrons. The summed E-state index contributed by atoms with van der Waals surface area (Å²) in [5.74, 6) is -0.0961. The largest absolute Gasteiger partial charge is 0.349 e. The summed E-state index contributed by atoms with van der Waals surface area (Å²) in [7, 11) is -2.20. The maximum atomic E-state index is 12.8. The maximum Gasteiger partial charge on any atom is 0.264 e. The van der Waals surface area contributed by atoms with E-state index in [-0.39, 0.29) is 23.3 Å². The lowest BCUT2D eigenvalue weighted by molar-refractivity contribution is -0.121. The molecule has 0 aliphatic rings. The maximum absolute atomic E-state index is 12.8. The van der Waals surface area contributed by atoms with Crippen molar-refractivity contribution in [3.05, 3.63) is 95.0 Å². The van der Waals surface area contributed by atoms with E-state index in [1.807, 2.05) is 37.3 Å². The third-order valence-corrected chi connectivity index (χ3v) is 6.87. The molecule has 156 valence electrons. The van der Waals surface area contributed by atoms with E-state index >= 15 is 0 Å². The molecule has 0 bridgehead atoms. The van der Waals surface area contributed by atoms with E-state index in [4.69, 9.17) is 11.6 Å². The minimum atomic E-state index is -3.70. The first-order chi connectivity index (χ1) is 14.3. The fourth-order valence-electron chi connectivity index (χ4n) is 3.03. The molecule has 1 amide bonds. The average molecular weight is 443 g/mol. The van der Waals surface area contributed by atoms with Crippen molar-refractivity contribution in [1.29, 1.82) is 0 Å². The third kappa shape index (κ3) is 5.20. The normalized spacial score (nSPS) is 12.2. The zero-order valence-electron chi connectivity index (χ0n) is 16.7. The number of halogens is 1. The van der Waals surface area contributed by atoms with Crippen molar-refractivity contribution in [3.63, 3.8) is 0 Å². The molecule has 3 aromatic carbocycles. The summed E-state index contributed by atoms with van der Waals surface area (Å²) < 4.78 is 26.8. The van der Waals surface area contributed by atoms with Crippen LogP contribution < -0.4 is 9.62 Å². The average Bonchev–Trinajstić information content (AvgIpc) is 2.74. The highest BCUT2D eigenvalue weighted by Crippen LogP contribution is 2.23. The Morgan fingerprint density at radius 2 is 1.57 bits per heavy atom. The molecular formula is C23H23ClN2O3S. The van der Waals surface area contributed by atoms with Gasteiger partial charge in [-0.25, -0.2) is 8.42 Å². The van der Waals surface area contributed by atoms with Gasteiger partial charge in [0, 0.05) is 12.1 Å². The van der Waals surface area contributed by atoms with Crippen molar-refractivity contribution in [2.24, 2.45) is 0 Å². The Morgan fingerprint density at radius 3 is 2.17 bits per heavy atom. The minimum Gasteiger partial charge on any atom is -0.349 e.